The highest BCUT2D eigenvalue weighted by Crippen LogP contribution is 2.45. The van der Waals surface area contributed by atoms with E-state index in [0.717, 1.165) is 21.3 Å². The molecule has 0 atom stereocenters. The zero-order valence-electron chi connectivity index (χ0n) is 13.2. The van der Waals surface area contributed by atoms with Crippen LogP contribution in [-0.2, 0) is 16.4 Å². The lowest BCUT2D eigenvalue weighted by molar-refractivity contribution is 0.171. The molecule has 0 saturated heterocycles. The lowest BCUT2D eigenvalue weighted by Gasteiger charge is -2.12. The van der Waals surface area contributed by atoms with E-state index in [-0.39, 0.29) is 18.2 Å². The van der Waals surface area contributed by atoms with E-state index in [0.29, 0.717) is 23.7 Å². The molecule has 3 rings (SSSR count). The van der Waals surface area contributed by atoms with Crippen LogP contribution in [0.4, 0.5) is 4.39 Å². The maximum atomic E-state index is 12.9. The molecule has 1 aliphatic rings. The van der Waals surface area contributed by atoms with Gasteiger partial charge in [0.15, 0.2) is 11.5 Å². The van der Waals surface area contributed by atoms with Crippen molar-refractivity contribution in [2.24, 2.45) is 0 Å². The Morgan fingerprint density at radius 2 is 2.00 bits per heavy atom. The summed E-state index contributed by atoms with van der Waals surface area (Å²) in [7, 11) is -2.15. The number of hydrogen-bond acceptors (Lipinski definition) is 5. The van der Waals surface area contributed by atoms with E-state index in [1.807, 2.05) is 6.07 Å². The molecule has 0 unspecified atom stereocenters. The lowest BCUT2D eigenvalue weighted by atomic mass is 10.1. The van der Waals surface area contributed by atoms with Crippen molar-refractivity contribution in [3.05, 3.63) is 45.3 Å². The van der Waals surface area contributed by atoms with Crippen molar-refractivity contribution < 1.29 is 27.0 Å². The van der Waals surface area contributed by atoms with E-state index in [9.17, 15) is 12.8 Å². The standard InChI is InChI=1S/C16H15FINO5S/c1-22-16-14(18)10(8-13-15(16)24-9-23-13)6-7-19-25(20,21)12-4-2-11(17)3-5-12/h2-5,8,19H,6-7,9H2,1H3. The number of hydrogen-bond donors (Lipinski definition) is 1. The van der Waals surface area contributed by atoms with Crippen LogP contribution in [0.2, 0.25) is 0 Å². The van der Waals surface area contributed by atoms with Crippen LogP contribution in [0, 0.1) is 9.39 Å². The predicted molar refractivity (Wildman–Crippen MR) is 97.1 cm³/mol. The quantitative estimate of drug-likeness (QED) is 0.646. The molecule has 134 valence electrons. The van der Waals surface area contributed by atoms with Crippen LogP contribution in [0.25, 0.3) is 0 Å². The first-order valence-electron chi connectivity index (χ1n) is 7.32. The van der Waals surface area contributed by atoms with Crippen molar-refractivity contribution in [2.75, 3.05) is 20.4 Å². The van der Waals surface area contributed by atoms with Gasteiger partial charge >= 0.3 is 0 Å². The molecular weight excluding hydrogens is 464 g/mol. The summed E-state index contributed by atoms with van der Waals surface area (Å²) in [6, 6.07) is 6.50. The van der Waals surface area contributed by atoms with E-state index in [1.165, 1.54) is 12.1 Å². The van der Waals surface area contributed by atoms with Gasteiger partial charge < -0.3 is 14.2 Å². The Balaban J connectivity index is 1.73. The Bertz CT molecular complexity index is 886. The second-order valence-electron chi connectivity index (χ2n) is 5.22. The molecular formula is C16H15FINO5S. The molecule has 0 radical (unpaired) electrons. The van der Waals surface area contributed by atoms with E-state index in [4.69, 9.17) is 14.2 Å². The summed E-state index contributed by atoms with van der Waals surface area (Å²) in [5.41, 5.74) is 0.878. The predicted octanol–water partition coefficient (Wildman–Crippen LogP) is 2.69. The van der Waals surface area contributed by atoms with Crippen LogP contribution in [-0.4, -0.2) is 28.9 Å². The van der Waals surface area contributed by atoms with Crippen molar-refractivity contribution in [2.45, 2.75) is 11.3 Å². The normalized spacial score (nSPS) is 13.1. The minimum atomic E-state index is -3.69. The smallest absolute Gasteiger partial charge is 0.240 e. The van der Waals surface area contributed by atoms with Crippen molar-refractivity contribution >= 4 is 32.6 Å². The molecule has 0 aromatic heterocycles. The third-order valence-corrected chi connectivity index (χ3v) is 6.31. The van der Waals surface area contributed by atoms with Gasteiger partial charge in [-0.1, -0.05) is 0 Å². The third kappa shape index (κ3) is 3.82. The summed E-state index contributed by atoms with van der Waals surface area (Å²) in [6.45, 7) is 0.306. The van der Waals surface area contributed by atoms with Crippen molar-refractivity contribution in [3.63, 3.8) is 0 Å². The van der Waals surface area contributed by atoms with Crippen LogP contribution in [0.15, 0.2) is 35.2 Å². The Kier molecular flexibility index (Phi) is 5.35. The van der Waals surface area contributed by atoms with E-state index < -0.39 is 15.8 Å². The van der Waals surface area contributed by atoms with Crippen LogP contribution in [0.1, 0.15) is 5.56 Å². The number of rotatable bonds is 6. The largest absolute Gasteiger partial charge is 0.492 e. The summed E-state index contributed by atoms with van der Waals surface area (Å²) in [6.07, 6.45) is 0.436. The molecule has 1 N–H and O–H groups in total. The average molecular weight is 479 g/mol. The summed E-state index contributed by atoms with van der Waals surface area (Å²) >= 11 is 2.13. The number of halogens is 2. The van der Waals surface area contributed by atoms with Gasteiger partial charge in [0.25, 0.3) is 0 Å². The van der Waals surface area contributed by atoms with E-state index in [1.54, 1.807) is 7.11 Å². The Morgan fingerprint density at radius 3 is 2.68 bits per heavy atom. The Hall–Kier alpha value is -1.59. The molecule has 0 aliphatic carbocycles. The zero-order valence-corrected chi connectivity index (χ0v) is 16.2. The van der Waals surface area contributed by atoms with Crippen molar-refractivity contribution in [3.8, 4) is 17.2 Å². The minimum Gasteiger partial charge on any atom is -0.492 e. The molecule has 25 heavy (non-hydrogen) atoms. The minimum absolute atomic E-state index is 0.0202. The van der Waals surface area contributed by atoms with Gasteiger partial charge in [0.1, 0.15) is 5.82 Å². The van der Waals surface area contributed by atoms with Gasteiger partial charge in [0.05, 0.1) is 15.6 Å². The number of fused-ring (bicyclic) bond motifs is 1. The fourth-order valence-electron chi connectivity index (χ4n) is 2.42. The zero-order chi connectivity index (χ0) is 18.0. The first-order chi connectivity index (χ1) is 11.9. The fraction of sp³-hybridized carbons (Fsp3) is 0.250. The van der Waals surface area contributed by atoms with Gasteiger partial charge in [0, 0.05) is 6.54 Å². The number of methoxy groups -OCH3 is 1. The highest BCUT2D eigenvalue weighted by molar-refractivity contribution is 14.1. The summed E-state index contributed by atoms with van der Waals surface area (Å²) < 4.78 is 56.9. The number of ether oxygens (including phenoxy) is 3. The summed E-state index contributed by atoms with van der Waals surface area (Å²) in [5, 5.41) is 0. The molecule has 0 fully saturated rings. The molecule has 9 heteroatoms. The van der Waals surface area contributed by atoms with Gasteiger partial charge in [-0.15, -0.1) is 0 Å². The lowest BCUT2D eigenvalue weighted by Crippen LogP contribution is -2.26. The number of benzene rings is 2. The average Bonchev–Trinajstić information content (AvgIpc) is 3.03. The highest BCUT2D eigenvalue weighted by Gasteiger charge is 2.24. The molecule has 0 spiro atoms. The van der Waals surface area contributed by atoms with Crippen molar-refractivity contribution in [1.82, 2.24) is 4.72 Å². The van der Waals surface area contributed by atoms with Gasteiger partial charge in [-0.25, -0.2) is 17.5 Å². The van der Waals surface area contributed by atoms with Crippen LogP contribution >= 0.6 is 22.6 Å². The molecule has 2 aromatic rings. The van der Waals surface area contributed by atoms with E-state index in [2.05, 4.69) is 27.3 Å². The Morgan fingerprint density at radius 1 is 1.28 bits per heavy atom. The second-order valence-corrected chi connectivity index (χ2v) is 8.06. The van der Waals surface area contributed by atoms with Gasteiger partial charge in [-0.3, -0.25) is 0 Å². The first kappa shape index (κ1) is 18.2. The Labute approximate surface area is 158 Å². The van der Waals surface area contributed by atoms with Gasteiger partial charge in [-0.05, 0) is 64.9 Å². The van der Waals surface area contributed by atoms with Gasteiger partial charge in [-0.2, -0.15) is 0 Å². The monoisotopic (exact) mass is 479 g/mol. The summed E-state index contributed by atoms with van der Waals surface area (Å²) in [5.74, 6) is 1.23. The molecule has 1 aliphatic heterocycles. The SMILES string of the molecule is COc1c(I)c(CCNS(=O)(=O)c2ccc(F)cc2)cc2c1OCO2. The van der Waals surface area contributed by atoms with Crippen LogP contribution in [0.3, 0.4) is 0 Å². The maximum Gasteiger partial charge on any atom is 0.240 e. The molecule has 0 bridgehead atoms. The van der Waals surface area contributed by atoms with Gasteiger partial charge in [0.2, 0.25) is 22.6 Å². The second kappa shape index (κ2) is 7.34. The molecule has 1 heterocycles. The number of sulfonamides is 1. The maximum absolute atomic E-state index is 12.9. The first-order valence-corrected chi connectivity index (χ1v) is 9.89. The van der Waals surface area contributed by atoms with Crippen molar-refractivity contribution in [1.29, 1.82) is 0 Å². The summed E-state index contributed by atoms with van der Waals surface area (Å²) in [4.78, 5) is 0.0202. The van der Waals surface area contributed by atoms with E-state index >= 15 is 0 Å². The number of nitrogens with one attached hydrogen (secondary N) is 1. The molecule has 2 aromatic carbocycles. The molecule has 0 saturated carbocycles. The third-order valence-electron chi connectivity index (χ3n) is 3.65. The fourth-order valence-corrected chi connectivity index (χ4v) is 4.34. The topological polar surface area (TPSA) is 73.9 Å². The highest BCUT2D eigenvalue weighted by atomic mass is 127. The van der Waals surface area contributed by atoms with Crippen LogP contribution < -0.4 is 18.9 Å². The van der Waals surface area contributed by atoms with Crippen LogP contribution in [0.5, 0.6) is 17.2 Å². The molecule has 6 nitrogen and oxygen atoms in total. The molecule has 0 amide bonds.